The Kier molecular flexibility index (Phi) is 9.88. The first kappa shape index (κ1) is 25.4. The summed E-state index contributed by atoms with van der Waals surface area (Å²) in [4.78, 5) is 29.2. The van der Waals surface area contributed by atoms with Crippen LogP contribution in [-0.4, -0.2) is 42.4 Å². The van der Waals surface area contributed by atoms with Crippen LogP contribution in [0.25, 0.3) is 0 Å². The van der Waals surface area contributed by atoms with E-state index in [0.29, 0.717) is 30.2 Å². The number of amides is 2. The molecule has 1 aliphatic carbocycles. The fraction of sp³-hybridized carbons (Fsp3) is 0.520. The molecule has 2 amide bonds. The molecule has 1 N–H and O–H groups in total. The molecule has 3 rings (SSSR count). The Hall–Kier alpha value is -2.25. The fourth-order valence-electron chi connectivity index (χ4n) is 4.16. The summed E-state index contributed by atoms with van der Waals surface area (Å²) < 4.78 is 11.3. The van der Waals surface area contributed by atoms with Crippen LogP contribution in [0.5, 0.6) is 11.5 Å². The number of rotatable bonds is 11. The maximum Gasteiger partial charge on any atom is 0.247 e. The van der Waals surface area contributed by atoms with Crippen LogP contribution in [0.2, 0.25) is 0 Å². The second kappa shape index (κ2) is 12.8. The van der Waals surface area contributed by atoms with E-state index >= 15 is 0 Å². The van der Waals surface area contributed by atoms with Crippen molar-refractivity contribution in [3.8, 4) is 11.5 Å². The average molecular weight is 493 g/mol. The normalized spacial score (nSPS) is 15.0. The summed E-state index contributed by atoms with van der Waals surface area (Å²) in [5.74, 6) is 0.460. The first-order valence-electron chi connectivity index (χ1n) is 11.6. The van der Waals surface area contributed by atoms with Gasteiger partial charge in [0.25, 0.3) is 0 Å². The number of nitrogens with one attached hydrogen (secondary N) is 1. The van der Waals surface area contributed by atoms with Crippen LogP contribution in [0.15, 0.2) is 35.7 Å². The quantitative estimate of drug-likeness (QED) is 0.432. The van der Waals surface area contributed by atoms with Gasteiger partial charge in [-0.05, 0) is 48.4 Å². The van der Waals surface area contributed by atoms with E-state index in [-0.39, 0.29) is 23.7 Å². The summed E-state index contributed by atoms with van der Waals surface area (Å²) in [7, 11) is 1.57. The van der Waals surface area contributed by atoms with E-state index in [1.165, 1.54) is 6.42 Å². The van der Waals surface area contributed by atoms with Gasteiger partial charge in [-0.25, -0.2) is 0 Å². The van der Waals surface area contributed by atoms with E-state index in [2.05, 4.69) is 5.32 Å². The second-order valence-electron chi connectivity index (χ2n) is 8.24. The Bertz CT molecular complexity index is 900. The predicted octanol–water partition coefficient (Wildman–Crippen LogP) is 5.30. The van der Waals surface area contributed by atoms with Crippen molar-refractivity contribution in [3.63, 3.8) is 0 Å². The Balaban J connectivity index is 1.97. The van der Waals surface area contributed by atoms with Gasteiger partial charge in [0.15, 0.2) is 11.5 Å². The minimum Gasteiger partial charge on any atom is -0.493 e. The number of methoxy groups -OCH3 is 1. The SMILES string of the molecule is CCCOc1ccc([C@H](C(=O)NC2CCCCC2)N(Cc2cccs2)C(=O)CCl)cc1OC. The summed E-state index contributed by atoms with van der Waals surface area (Å²) in [6, 6.07) is 8.62. The molecule has 0 aliphatic heterocycles. The molecular formula is C25H33ClN2O4S. The number of hydrogen-bond acceptors (Lipinski definition) is 5. The molecule has 1 fully saturated rings. The first-order valence-corrected chi connectivity index (χ1v) is 13.0. The van der Waals surface area contributed by atoms with Crippen LogP contribution < -0.4 is 14.8 Å². The molecule has 0 spiro atoms. The standard InChI is InChI=1S/C25H33ClN2O4S/c1-3-13-32-21-12-11-18(15-22(21)31-2)24(25(30)27-19-8-5-4-6-9-19)28(23(29)16-26)17-20-10-7-14-33-20/h7,10-12,14-15,19,24H,3-6,8-9,13,16-17H2,1-2H3,(H,27,30)/t24-/m1/s1. The van der Waals surface area contributed by atoms with Gasteiger partial charge in [0.1, 0.15) is 11.9 Å². The van der Waals surface area contributed by atoms with Crippen molar-refractivity contribution >= 4 is 34.8 Å². The summed E-state index contributed by atoms with van der Waals surface area (Å²) in [5.41, 5.74) is 0.666. The van der Waals surface area contributed by atoms with Gasteiger partial charge in [0.2, 0.25) is 11.8 Å². The highest BCUT2D eigenvalue weighted by atomic mass is 35.5. The van der Waals surface area contributed by atoms with Crippen molar-refractivity contribution in [2.75, 3.05) is 19.6 Å². The molecule has 0 saturated heterocycles. The third-order valence-electron chi connectivity index (χ3n) is 5.82. The van der Waals surface area contributed by atoms with E-state index in [1.54, 1.807) is 35.5 Å². The topological polar surface area (TPSA) is 67.9 Å². The molecule has 2 aromatic rings. The maximum atomic E-state index is 13.6. The molecule has 0 radical (unpaired) electrons. The number of nitrogens with zero attached hydrogens (tertiary/aromatic N) is 1. The lowest BCUT2D eigenvalue weighted by Gasteiger charge is -2.33. The van der Waals surface area contributed by atoms with Crippen LogP contribution in [0, 0.1) is 0 Å². The first-order chi connectivity index (χ1) is 16.1. The molecule has 180 valence electrons. The van der Waals surface area contributed by atoms with E-state index in [0.717, 1.165) is 37.0 Å². The van der Waals surface area contributed by atoms with Crippen LogP contribution in [-0.2, 0) is 16.1 Å². The number of carbonyl (C=O) groups excluding carboxylic acids is 2. The molecule has 1 aliphatic rings. The molecule has 1 saturated carbocycles. The van der Waals surface area contributed by atoms with E-state index in [4.69, 9.17) is 21.1 Å². The van der Waals surface area contributed by atoms with Gasteiger partial charge in [-0.15, -0.1) is 22.9 Å². The number of carbonyl (C=O) groups is 2. The maximum absolute atomic E-state index is 13.6. The number of alkyl halides is 1. The molecule has 1 atom stereocenters. The Morgan fingerprint density at radius 1 is 1.21 bits per heavy atom. The van der Waals surface area contributed by atoms with E-state index in [9.17, 15) is 9.59 Å². The molecule has 1 aromatic carbocycles. The van der Waals surface area contributed by atoms with Crippen molar-refractivity contribution in [1.29, 1.82) is 0 Å². The van der Waals surface area contributed by atoms with E-state index in [1.807, 2.05) is 30.5 Å². The monoisotopic (exact) mass is 492 g/mol. The number of ether oxygens (including phenoxy) is 2. The van der Waals surface area contributed by atoms with Crippen molar-refractivity contribution in [2.24, 2.45) is 0 Å². The Labute approximate surface area is 205 Å². The number of thiophene rings is 1. The Morgan fingerprint density at radius 2 is 2.00 bits per heavy atom. The molecule has 33 heavy (non-hydrogen) atoms. The second-order valence-corrected chi connectivity index (χ2v) is 9.54. The van der Waals surface area contributed by atoms with Gasteiger partial charge in [-0.1, -0.05) is 38.3 Å². The molecule has 0 unspecified atom stereocenters. The molecule has 1 aromatic heterocycles. The van der Waals surface area contributed by atoms with Crippen LogP contribution in [0.3, 0.4) is 0 Å². The lowest BCUT2D eigenvalue weighted by molar-refractivity contribution is -0.140. The number of halogens is 1. The Morgan fingerprint density at radius 3 is 2.64 bits per heavy atom. The predicted molar refractivity (Wildman–Crippen MR) is 132 cm³/mol. The van der Waals surface area contributed by atoms with Gasteiger partial charge in [-0.3, -0.25) is 9.59 Å². The molecule has 1 heterocycles. The van der Waals surface area contributed by atoms with Crippen molar-refractivity contribution in [2.45, 2.75) is 64.1 Å². The zero-order valence-electron chi connectivity index (χ0n) is 19.3. The van der Waals surface area contributed by atoms with Gasteiger partial charge in [-0.2, -0.15) is 0 Å². The van der Waals surface area contributed by atoms with Crippen LogP contribution >= 0.6 is 22.9 Å². The highest BCUT2D eigenvalue weighted by molar-refractivity contribution is 7.09. The van der Waals surface area contributed by atoms with Crippen molar-refractivity contribution in [1.82, 2.24) is 10.2 Å². The zero-order valence-corrected chi connectivity index (χ0v) is 20.9. The molecule has 8 heteroatoms. The average Bonchev–Trinajstić information content (AvgIpc) is 3.36. The van der Waals surface area contributed by atoms with Gasteiger partial charge < -0.3 is 19.7 Å². The van der Waals surface area contributed by atoms with Gasteiger partial charge in [0.05, 0.1) is 20.3 Å². The highest BCUT2D eigenvalue weighted by Gasteiger charge is 2.33. The minimum absolute atomic E-state index is 0.123. The lowest BCUT2D eigenvalue weighted by Crippen LogP contribution is -2.47. The zero-order chi connectivity index (χ0) is 23.6. The third-order valence-corrected chi connectivity index (χ3v) is 6.91. The van der Waals surface area contributed by atoms with Crippen molar-refractivity contribution in [3.05, 3.63) is 46.2 Å². The highest BCUT2D eigenvalue weighted by Crippen LogP contribution is 2.34. The van der Waals surface area contributed by atoms with Crippen molar-refractivity contribution < 1.29 is 19.1 Å². The summed E-state index contributed by atoms with van der Waals surface area (Å²) >= 11 is 7.54. The minimum atomic E-state index is -0.825. The van der Waals surface area contributed by atoms with Gasteiger partial charge >= 0.3 is 0 Å². The molecule has 0 bridgehead atoms. The van der Waals surface area contributed by atoms with Gasteiger partial charge in [0, 0.05) is 10.9 Å². The summed E-state index contributed by atoms with van der Waals surface area (Å²) in [6.07, 6.45) is 6.19. The number of hydrogen-bond donors (Lipinski definition) is 1. The molecule has 6 nitrogen and oxygen atoms in total. The smallest absolute Gasteiger partial charge is 0.247 e. The van der Waals surface area contributed by atoms with Crippen LogP contribution in [0.1, 0.15) is 61.9 Å². The number of benzene rings is 1. The largest absolute Gasteiger partial charge is 0.493 e. The molecular weight excluding hydrogens is 460 g/mol. The summed E-state index contributed by atoms with van der Waals surface area (Å²) in [5, 5.41) is 5.16. The summed E-state index contributed by atoms with van der Waals surface area (Å²) in [6.45, 7) is 2.91. The lowest BCUT2D eigenvalue weighted by atomic mass is 9.94. The van der Waals surface area contributed by atoms with Crippen LogP contribution in [0.4, 0.5) is 0 Å². The fourth-order valence-corrected chi connectivity index (χ4v) is 5.01. The third kappa shape index (κ3) is 6.87. The van der Waals surface area contributed by atoms with E-state index < -0.39 is 6.04 Å².